The molecule has 1 unspecified atom stereocenters. The van der Waals surface area contributed by atoms with Crippen molar-refractivity contribution in [3.8, 4) is 5.75 Å². The Labute approximate surface area is 137 Å². The first-order valence-electron chi connectivity index (χ1n) is 7.33. The van der Waals surface area contributed by atoms with Crippen molar-refractivity contribution in [2.45, 2.75) is 18.6 Å². The first-order valence-corrected chi connectivity index (χ1v) is 7.33. The molecule has 1 heterocycles. The smallest absolute Gasteiger partial charge is 0.119 e. The predicted octanol–water partition coefficient (Wildman–Crippen LogP) is 3.21. The minimum Gasteiger partial charge on any atom is -0.497 e. The zero-order valence-electron chi connectivity index (χ0n) is 12.7. The fourth-order valence-corrected chi connectivity index (χ4v) is 3.00. The monoisotopic (exact) mass is 319 g/mol. The SMILES string of the molecule is COc1cccc(C2(O)CCN(Cc3ccccc3)C2)c1.Cl. The number of hydrogen-bond donors (Lipinski definition) is 1. The van der Waals surface area contributed by atoms with Gasteiger partial charge < -0.3 is 9.84 Å². The van der Waals surface area contributed by atoms with Gasteiger partial charge in [-0.25, -0.2) is 0 Å². The second kappa shape index (κ2) is 7.14. The lowest BCUT2D eigenvalue weighted by atomic mass is 9.93. The third-order valence-corrected chi connectivity index (χ3v) is 4.18. The van der Waals surface area contributed by atoms with Gasteiger partial charge in [-0.1, -0.05) is 42.5 Å². The van der Waals surface area contributed by atoms with Crippen LogP contribution < -0.4 is 4.74 Å². The highest BCUT2D eigenvalue weighted by molar-refractivity contribution is 5.85. The Morgan fingerprint density at radius 2 is 1.91 bits per heavy atom. The quantitative estimate of drug-likeness (QED) is 0.939. The summed E-state index contributed by atoms with van der Waals surface area (Å²) in [6.07, 6.45) is 0.757. The maximum absolute atomic E-state index is 10.9. The van der Waals surface area contributed by atoms with Crippen LogP contribution in [0.15, 0.2) is 54.6 Å². The maximum Gasteiger partial charge on any atom is 0.119 e. The Balaban J connectivity index is 0.00000176. The van der Waals surface area contributed by atoms with Crippen molar-refractivity contribution in [1.82, 2.24) is 4.90 Å². The number of ether oxygens (including phenoxy) is 1. The summed E-state index contributed by atoms with van der Waals surface area (Å²) in [5, 5.41) is 10.9. The number of likely N-dealkylation sites (tertiary alicyclic amines) is 1. The first kappa shape index (κ1) is 16.8. The molecule has 3 nitrogen and oxygen atoms in total. The van der Waals surface area contributed by atoms with E-state index in [0.717, 1.165) is 30.8 Å². The van der Waals surface area contributed by atoms with E-state index in [1.807, 2.05) is 30.3 Å². The van der Waals surface area contributed by atoms with E-state index in [4.69, 9.17) is 4.74 Å². The zero-order valence-corrected chi connectivity index (χ0v) is 13.6. The molecule has 118 valence electrons. The highest BCUT2D eigenvalue weighted by atomic mass is 35.5. The van der Waals surface area contributed by atoms with Crippen LogP contribution in [-0.4, -0.2) is 30.2 Å². The molecule has 2 aromatic rings. The van der Waals surface area contributed by atoms with Gasteiger partial charge in [0.1, 0.15) is 11.4 Å². The molecule has 0 bridgehead atoms. The van der Waals surface area contributed by atoms with Gasteiger partial charge in [0.15, 0.2) is 0 Å². The fraction of sp³-hybridized carbons (Fsp3) is 0.333. The number of aliphatic hydroxyl groups is 1. The van der Waals surface area contributed by atoms with Gasteiger partial charge in [-0.3, -0.25) is 4.90 Å². The molecule has 1 fully saturated rings. The lowest BCUT2D eigenvalue weighted by Crippen LogP contribution is -2.30. The summed E-state index contributed by atoms with van der Waals surface area (Å²) in [4.78, 5) is 2.30. The van der Waals surface area contributed by atoms with Crippen LogP contribution in [0.3, 0.4) is 0 Å². The number of benzene rings is 2. The van der Waals surface area contributed by atoms with Crippen LogP contribution in [0.25, 0.3) is 0 Å². The third kappa shape index (κ3) is 3.61. The summed E-state index contributed by atoms with van der Waals surface area (Å²) in [6.45, 7) is 2.45. The molecule has 22 heavy (non-hydrogen) atoms. The number of nitrogens with zero attached hydrogens (tertiary/aromatic N) is 1. The lowest BCUT2D eigenvalue weighted by molar-refractivity contribution is 0.0451. The normalized spacial score (nSPS) is 21.4. The van der Waals surface area contributed by atoms with Crippen LogP contribution in [0.4, 0.5) is 0 Å². The fourth-order valence-electron chi connectivity index (χ4n) is 3.00. The number of β-amino-alcohol motifs (C(OH)–C–C–N with tert-alkyl or cyclic N) is 1. The Morgan fingerprint density at radius 3 is 2.64 bits per heavy atom. The van der Waals surface area contributed by atoms with Gasteiger partial charge in [-0.05, 0) is 29.7 Å². The van der Waals surface area contributed by atoms with Crippen molar-refractivity contribution < 1.29 is 9.84 Å². The molecule has 0 amide bonds. The lowest BCUT2D eigenvalue weighted by Gasteiger charge is -2.24. The van der Waals surface area contributed by atoms with E-state index < -0.39 is 5.60 Å². The van der Waals surface area contributed by atoms with Crippen molar-refractivity contribution in [1.29, 1.82) is 0 Å². The maximum atomic E-state index is 10.9. The summed E-state index contributed by atoms with van der Waals surface area (Å²) < 4.78 is 5.26. The van der Waals surface area contributed by atoms with Gasteiger partial charge in [0.25, 0.3) is 0 Å². The topological polar surface area (TPSA) is 32.7 Å². The standard InChI is InChI=1S/C18H21NO2.ClH/c1-21-17-9-5-8-16(12-17)18(20)10-11-19(14-18)13-15-6-3-2-4-7-15;/h2-9,12,20H,10-11,13-14H2,1H3;1H. The number of halogens is 1. The highest BCUT2D eigenvalue weighted by Crippen LogP contribution is 2.34. The van der Waals surface area contributed by atoms with Gasteiger partial charge in [0.05, 0.1) is 7.11 Å². The van der Waals surface area contributed by atoms with Gasteiger partial charge in [0, 0.05) is 19.6 Å². The predicted molar refractivity (Wildman–Crippen MR) is 90.5 cm³/mol. The molecular formula is C18H22ClNO2. The Hall–Kier alpha value is -1.55. The average Bonchev–Trinajstić information content (AvgIpc) is 2.91. The molecule has 1 aliphatic heterocycles. The summed E-state index contributed by atoms with van der Waals surface area (Å²) in [5.74, 6) is 0.794. The van der Waals surface area contributed by atoms with Crippen LogP contribution in [0.5, 0.6) is 5.75 Å². The van der Waals surface area contributed by atoms with Crippen molar-refractivity contribution in [2.75, 3.05) is 20.2 Å². The second-order valence-corrected chi connectivity index (χ2v) is 5.71. The van der Waals surface area contributed by atoms with E-state index >= 15 is 0 Å². The number of rotatable bonds is 4. The minimum atomic E-state index is -0.774. The molecule has 0 aromatic heterocycles. The van der Waals surface area contributed by atoms with Crippen LogP contribution >= 0.6 is 12.4 Å². The molecule has 0 saturated carbocycles. The first-order chi connectivity index (χ1) is 10.2. The van der Waals surface area contributed by atoms with Crippen molar-refractivity contribution in [3.05, 3.63) is 65.7 Å². The van der Waals surface area contributed by atoms with Crippen molar-refractivity contribution >= 4 is 12.4 Å². The molecule has 0 radical (unpaired) electrons. The highest BCUT2D eigenvalue weighted by Gasteiger charge is 2.37. The summed E-state index contributed by atoms with van der Waals surface area (Å²) in [6, 6.07) is 18.2. The van der Waals surface area contributed by atoms with Crippen molar-refractivity contribution in [2.24, 2.45) is 0 Å². The van der Waals surface area contributed by atoms with Crippen LogP contribution in [0.1, 0.15) is 17.5 Å². The van der Waals surface area contributed by atoms with E-state index in [2.05, 4.69) is 29.2 Å². The Morgan fingerprint density at radius 1 is 1.14 bits per heavy atom. The van der Waals surface area contributed by atoms with Crippen LogP contribution in [-0.2, 0) is 12.1 Å². The minimum absolute atomic E-state index is 0. The molecule has 3 rings (SSSR count). The molecule has 4 heteroatoms. The second-order valence-electron chi connectivity index (χ2n) is 5.71. The Bertz CT molecular complexity index is 605. The summed E-state index contributed by atoms with van der Waals surface area (Å²) in [7, 11) is 1.65. The van der Waals surface area contributed by atoms with Crippen LogP contribution in [0.2, 0.25) is 0 Å². The Kier molecular flexibility index (Phi) is 5.46. The van der Waals surface area contributed by atoms with E-state index in [-0.39, 0.29) is 12.4 Å². The van der Waals surface area contributed by atoms with Crippen LogP contribution in [0, 0.1) is 0 Å². The van der Waals surface area contributed by atoms with Gasteiger partial charge in [-0.15, -0.1) is 12.4 Å². The molecule has 1 saturated heterocycles. The van der Waals surface area contributed by atoms with Gasteiger partial charge >= 0.3 is 0 Å². The molecule has 1 aliphatic rings. The molecular weight excluding hydrogens is 298 g/mol. The van der Waals surface area contributed by atoms with E-state index in [9.17, 15) is 5.11 Å². The van der Waals surface area contributed by atoms with Crippen molar-refractivity contribution in [3.63, 3.8) is 0 Å². The third-order valence-electron chi connectivity index (χ3n) is 4.18. The summed E-state index contributed by atoms with van der Waals surface area (Å²) >= 11 is 0. The van der Waals surface area contributed by atoms with E-state index in [1.165, 1.54) is 5.56 Å². The van der Waals surface area contributed by atoms with E-state index in [1.54, 1.807) is 7.11 Å². The number of hydrogen-bond acceptors (Lipinski definition) is 3. The molecule has 0 aliphatic carbocycles. The zero-order chi connectivity index (χ0) is 14.7. The average molecular weight is 320 g/mol. The molecule has 1 atom stereocenters. The van der Waals surface area contributed by atoms with Gasteiger partial charge in [0.2, 0.25) is 0 Å². The van der Waals surface area contributed by atoms with E-state index in [0.29, 0.717) is 6.54 Å². The molecule has 1 N–H and O–H groups in total. The van der Waals surface area contributed by atoms with Gasteiger partial charge in [-0.2, -0.15) is 0 Å². The summed E-state index contributed by atoms with van der Waals surface area (Å²) in [5.41, 5.74) is 1.45. The number of methoxy groups -OCH3 is 1. The largest absolute Gasteiger partial charge is 0.497 e. The molecule has 0 spiro atoms. The molecule has 2 aromatic carbocycles.